The van der Waals surface area contributed by atoms with Crippen LogP contribution in [0.5, 0.6) is 0 Å². The second kappa shape index (κ2) is 23.5. The van der Waals surface area contributed by atoms with Gasteiger partial charge in [-0.05, 0) is 139 Å². The van der Waals surface area contributed by atoms with E-state index in [-0.39, 0.29) is 0 Å². The van der Waals surface area contributed by atoms with Gasteiger partial charge in [0.15, 0.2) is 0 Å². The zero-order valence-electron chi connectivity index (χ0n) is 44.1. The Bertz CT molecular complexity index is 4120. The molecule has 0 aliphatic rings. The van der Waals surface area contributed by atoms with Crippen LogP contribution in [0.1, 0.15) is 30.9 Å². The minimum atomic E-state index is 0.675. The Balaban J connectivity index is 0.000000256. The van der Waals surface area contributed by atoms with Crippen molar-refractivity contribution in [3.05, 3.63) is 291 Å². The first-order valence-corrected chi connectivity index (χ1v) is 27.0. The number of hydrogen-bond acceptors (Lipinski definition) is 3. The van der Waals surface area contributed by atoms with Crippen LogP contribution in [0.2, 0.25) is 0 Å². The number of anilines is 2. The van der Waals surface area contributed by atoms with Gasteiger partial charge in [-0.1, -0.05) is 250 Å². The van der Waals surface area contributed by atoms with E-state index in [4.69, 9.17) is 15.9 Å². The second-order valence-corrected chi connectivity index (χ2v) is 19.9. The van der Waals surface area contributed by atoms with Crippen LogP contribution in [0.25, 0.3) is 110 Å². The van der Waals surface area contributed by atoms with E-state index in [1.807, 2.05) is 42.5 Å². The molecule has 0 radical (unpaired) electrons. The van der Waals surface area contributed by atoms with Gasteiger partial charge in [0, 0.05) is 27.1 Å². The van der Waals surface area contributed by atoms with Crippen LogP contribution < -0.4 is 11.5 Å². The van der Waals surface area contributed by atoms with E-state index < -0.39 is 0 Å². The van der Waals surface area contributed by atoms with Gasteiger partial charge in [0.1, 0.15) is 11.2 Å². The number of benzene rings is 12. The molecule has 3 heteroatoms. The van der Waals surface area contributed by atoms with Crippen molar-refractivity contribution in [3.8, 4) is 66.8 Å². The molecule has 12 aromatic carbocycles. The summed E-state index contributed by atoms with van der Waals surface area (Å²) < 4.78 is 6.82. The lowest BCUT2D eigenvalue weighted by Gasteiger charge is -2.11. The van der Waals surface area contributed by atoms with Crippen LogP contribution >= 0.6 is 0 Å². The van der Waals surface area contributed by atoms with Gasteiger partial charge >= 0.3 is 0 Å². The third-order valence-corrected chi connectivity index (χ3v) is 14.7. The standard InChI is InChI=1S/C56H40O.C14H12N2.C5H10/c1-4-14-41(15-5-1)44-29-27-39(28-30-44)25-26-40-13-10-24-50(33-40)52-37-51(48-23-12-21-46(35-48)43-18-8-3-9-19-43)38-54-53-36-49(31-32-55(53)57-56(52)54)47-22-11-20-45(34-47)42-16-6-2-7-17-42;15-13-11-7-3-1-5-9(11)10-6-2-4-8-12(10)14(13)16;1-3-5-4-2/h1-24,27-38H,25-26H2;1-8H,15-16H2;3H,1,4-5H2,2H3. The molecular formula is C75H62N2O. The molecule has 0 saturated heterocycles. The average molecular weight is 1010 g/mol. The van der Waals surface area contributed by atoms with E-state index in [9.17, 15) is 0 Å². The van der Waals surface area contributed by atoms with Crippen molar-refractivity contribution in [2.24, 2.45) is 0 Å². The molecule has 0 fully saturated rings. The van der Waals surface area contributed by atoms with E-state index in [2.05, 4.69) is 244 Å². The maximum atomic E-state index is 6.82. The van der Waals surface area contributed by atoms with Crippen molar-refractivity contribution >= 4 is 54.9 Å². The first-order chi connectivity index (χ1) is 38.4. The summed E-state index contributed by atoms with van der Waals surface area (Å²) in [4.78, 5) is 0. The topological polar surface area (TPSA) is 65.2 Å². The van der Waals surface area contributed by atoms with Gasteiger partial charge in [0.2, 0.25) is 0 Å². The van der Waals surface area contributed by atoms with Crippen LogP contribution in [-0.4, -0.2) is 0 Å². The molecule has 0 unspecified atom stereocenters. The van der Waals surface area contributed by atoms with Crippen LogP contribution in [0.15, 0.2) is 284 Å². The Kier molecular flexibility index (Phi) is 15.2. The van der Waals surface area contributed by atoms with E-state index in [0.717, 1.165) is 73.9 Å². The number of hydrogen-bond donors (Lipinski definition) is 2. The molecule has 0 bridgehead atoms. The van der Waals surface area contributed by atoms with Crippen LogP contribution in [-0.2, 0) is 12.8 Å². The van der Waals surface area contributed by atoms with Gasteiger partial charge in [-0.2, -0.15) is 0 Å². The fourth-order valence-electron chi connectivity index (χ4n) is 10.5. The molecule has 3 nitrogen and oxygen atoms in total. The van der Waals surface area contributed by atoms with Crippen molar-refractivity contribution in [1.29, 1.82) is 0 Å². The van der Waals surface area contributed by atoms with E-state index in [0.29, 0.717) is 11.4 Å². The molecule has 0 spiro atoms. The molecule has 4 N–H and O–H groups in total. The van der Waals surface area contributed by atoms with Gasteiger partial charge in [0.05, 0.1) is 11.4 Å². The quantitative estimate of drug-likeness (QED) is 0.0587. The Hall–Kier alpha value is -9.70. The fraction of sp³-hybridized carbons (Fsp3) is 0.0667. The molecule has 13 rings (SSSR count). The summed E-state index contributed by atoms with van der Waals surface area (Å²) in [6.45, 7) is 5.69. The highest BCUT2D eigenvalue weighted by Crippen LogP contribution is 2.42. The maximum Gasteiger partial charge on any atom is 0.143 e. The lowest BCUT2D eigenvalue weighted by atomic mass is 9.92. The number of aryl methyl sites for hydroxylation is 2. The number of nitrogen functional groups attached to an aromatic ring is 2. The minimum Gasteiger partial charge on any atom is -0.455 e. The van der Waals surface area contributed by atoms with Crippen molar-refractivity contribution in [2.75, 3.05) is 11.5 Å². The summed E-state index contributed by atoms with van der Waals surface area (Å²) in [5.41, 5.74) is 32.2. The SMILES string of the molecule is C=CCCC.Nc1c(N)c2ccccc2c2ccccc12.c1ccc(-c2ccc(CCc3cccc(-c4cc(-c5cccc(-c6ccccc6)c5)cc5c4oc4ccc(-c6cccc(-c7ccccc7)c6)cc45)c3)cc2)cc1. The largest absolute Gasteiger partial charge is 0.455 e. The summed E-state index contributed by atoms with van der Waals surface area (Å²) >= 11 is 0. The predicted octanol–water partition coefficient (Wildman–Crippen LogP) is 20.5. The van der Waals surface area contributed by atoms with Crippen molar-refractivity contribution in [1.82, 2.24) is 0 Å². The second-order valence-electron chi connectivity index (χ2n) is 19.9. The summed E-state index contributed by atoms with van der Waals surface area (Å²) in [5.74, 6) is 0. The van der Waals surface area contributed by atoms with Crippen molar-refractivity contribution < 1.29 is 4.42 Å². The molecule has 0 amide bonds. The number of unbranched alkanes of at least 4 members (excludes halogenated alkanes) is 1. The third-order valence-electron chi connectivity index (χ3n) is 14.7. The maximum absolute atomic E-state index is 6.82. The molecule has 0 atom stereocenters. The monoisotopic (exact) mass is 1010 g/mol. The first-order valence-electron chi connectivity index (χ1n) is 27.0. The molecule has 13 aromatic rings. The summed E-state index contributed by atoms with van der Waals surface area (Å²) in [5, 5.41) is 6.60. The lowest BCUT2D eigenvalue weighted by Crippen LogP contribution is -1.97. The Morgan fingerprint density at radius 3 is 1.28 bits per heavy atom. The Labute approximate surface area is 458 Å². The molecule has 1 aromatic heterocycles. The Morgan fingerprint density at radius 1 is 0.333 bits per heavy atom. The zero-order valence-corrected chi connectivity index (χ0v) is 44.1. The number of fused-ring (bicyclic) bond motifs is 6. The van der Waals surface area contributed by atoms with Gasteiger partial charge < -0.3 is 15.9 Å². The molecule has 0 saturated carbocycles. The highest BCUT2D eigenvalue weighted by Gasteiger charge is 2.18. The molecule has 0 aliphatic carbocycles. The van der Waals surface area contributed by atoms with Gasteiger partial charge in [-0.25, -0.2) is 0 Å². The molecular weight excluding hydrogens is 945 g/mol. The van der Waals surface area contributed by atoms with Gasteiger partial charge in [-0.15, -0.1) is 6.58 Å². The molecule has 78 heavy (non-hydrogen) atoms. The lowest BCUT2D eigenvalue weighted by molar-refractivity contribution is 0.670. The number of nitrogens with two attached hydrogens (primary N) is 2. The fourth-order valence-corrected chi connectivity index (χ4v) is 10.5. The van der Waals surface area contributed by atoms with Crippen LogP contribution in [0.4, 0.5) is 11.4 Å². The summed E-state index contributed by atoms with van der Waals surface area (Å²) in [6.07, 6.45) is 6.23. The van der Waals surface area contributed by atoms with Crippen LogP contribution in [0, 0.1) is 0 Å². The van der Waals surface area contributed by atoms with E-state index in [1.165, 1.54) is 73.2 Å². The smallest absolute Gasteiger partial charge is 0.143 e. The molecule has 1 heterocycles. The highest BCUT2D eigenvalue weighted by molar-refractivity contribution is 6.19. The average Bonchev–Trinajstić information content (AvgIpc) is 4.05. The first kappa shape index (κ1) is 50.5. The van der Waals surface area contributed by atoms with Crippen LogP contribution in [0.3, 0.4) is 0 Å². The molecule has 378 valence electrons. The van der Waals surface area contributed by atoms with E-state index >= 15 is 0 Å². The Morgan fingerprint density at radius 2 is 0.744 bits per heavy atom. The number of rotatable bonds is 11. The molecule has 0 aliphatic heterocycles. The third kappa shape index (κ3) is 11.0. The van der Waals surface area contributed by atoms with Gasteiger partial charge in [-0.3, -0.25) is 0 Å². The summed E-state index contributed by atoms with van der Waals surface area (Å²) in [6, 6.07) is 95.0. The zero-order chi connectivity index (χ0) is 53.2. The number of allylic oxidation sites excluding steroid dienone is 1. The predicted molar refractivity (Wildman–Crippen MR) is 336 cm³/mol. The normalized spacial score (nSPS) is 11.0. The number of furan rings is 1. The minimum absolute atomic E-state index is 0.675. The van der Waals surface area contributed by atoms with Crippen molar-refractivity contribution in [3.63, 3.8) is 0 Å². The van der Waals surface area contributed by atoms with E-state index in [1.54, 1.807) is 0 Å². The highest BCUT2D eigenvalue weighted by atomic mass is 16.3. The van der Waals surface area contributed by atoms with Gasteiger partial charge in [0.25, 0.3) is 0 Å². The summed E-state index contributed by atoms with van der Waals surface area (Å²) in [7, 11) is 0. The van der Waals surface area contributed by atoms with Crippen molar-refractivity contribution in [2.45, 2.75) is 32.6 Å².